The SMILES string of the molecule is Cc1cccc(CN(C)CCCCC(C)(C)/C(N)=N/O)n1. The van der Waals surface area contributed by atoms with Crippen LogP contribution in [0.4, 0.5) is 0 Å². The Kier molecular flexibility index (Phi) is 6.62. The van der Waals surface area contributed by atoms with Gasteiger partial charge in [0.25, 0.3) is 0 Å². The third-order valence-electron chi connectivity index (χ3n) is 3.77. The number of unbranched alkanes of at least 4 members (excludes halogenated alkanes) is 1. The lowest BCUT2D eigenvalue weighted by molar-refractivity contribution is 0.294. The van der Waals surface area contributed by atoms with E-state index < -0.39 is 0 Å². The molecular weight excluding hydrogens is 264 g/mol. The third kappa shape index (κ3) is 6.12. The molecule has 0 aliphatic rings. The van der Waals surface area contributed by atoms with Gasteiger partial charge in [0.15, 0.2) is 0 Å². The number of pyridine rings is 1. The maximum atomic E-state index is 8.75. The van der Waals surface area contributed by atoms with Crippen LogP contribution in [0.25, 0.3) is 0 Å². The number of nitrogens with two attached hydrogens (primary N) is 1. The molecule has 3 N–H and O–H groups in total. The Balaban J connectivity index is 2.30. The summed E-state index contributed by atoms with van der Waals surface area (Å²) in [6.07, 6.45) is 3.05. The summed E-state index contributed by atoms with van der Waals surface area (Å²) in [5.41, 5.74) is 7.61. The number of hydrogen-bond donors (Lipinski definition) is 2. The van der Waals surface area contributed by atoms with Gasteiger partial charge in [-0.05, 0) is 45.5 Å². The molecular formula is C16H28N4O. The van der Waals surface area contributed by atoms with Crippen molar-refractivity contribution >= 4 is 5.84 Å². The Hall–Kier alpha value is -1.62. The minimum atomic E-state index is -0.245. The summed E-state index contributed by atoms with van der Waals surface area (Å²) in [5.74, 6) is 0.305. The molecule has 0 unspecified atom stereocenters. The molecule has 1 aromatic heterocycles. The highest BCUT2D eigenvalue weighted by Gasteiger charge is 2.22. The average molecular weight is 292 g/mol. The van der Waals surface area contributed by atoms with E-state index in [-0.39, 0.29) is 5.41 Å². The average Bonchev–Trinajstić information content (AvgIpc) is 2.42. The molecule has 0 aliphatic carbocycles. The quantitative estimate of drug-likeness (QED) is 0.254. The van der Waals surface area contributed by atoms with Crippen molar-refractivity contribution in [2.45, 2.75) is 46.6 Å². The molecule has 0 saturated carbocycles. The Bertz CT molecular complexity index is 471. The third-order valence-corrected chi connectivity index (χ3v) is 3.77. The van der Waals surface area contributed by atoms with E-state index in [9.17, 15) is 0 Å². The van der Waals surface area contributed by atoms with E-state index >= 15 is 0 Å². The van der Waals surface area contributed by atoms with E-state index in [0.717, 1.165) is 43.7 Å². The van der Waals surface area contributed by atoms with Gasteiger partial charge in [0.05, 0.1) is 5.69 Å². The summed E-state index contributed by atoms with van der Waals surface area (Å²) in [4.78, 5) is 6.79. The van der Waals surface area contributed by atoms with Gasteiger partial charge < -0.3 is 15.8 Å². The molecule has 21 heavy (non-hydrogen) atoms. The molecule has 118 valence electrons. The first-order chi connectivity index (χ1) is 9.85. The molecule has 0 atom stereocenters. The molecule has 0 fully saturated rings. The predicted octanol–water partition coefficient (Wildman–Crippen LogP) is 2.76. The molecule has 0 radical (unpaired) electrons. The first-order valence-electron chi connectivity index (χ1n) is 7.44. The monoisotopic (exact) mass is 292 g/mol. The van der Waals surface area contributed by atoms with Crippen molar-refractivity contribution < 1.29 is 5.21 Å². The first-order valence-corrected chi connectivity index (χ1v) is 7.44. The Morgan fingerprint density at radius 1 is 1.38 bits per heavy atom. The van der Waals surface area contributed by atoms with Gasteiger partial charge in [-0.2, -0.15) is 0 Å². The summed E-state index contributed by atoms with van der Waals surface area (Å²) in [6, 6.07) is 6.12. The van der Waals surface area contributed by atoms with Crippen LogP contribution in [0.1, 0.15) is 44.5 Å². The fraction of sp³-hybridized carbons (Fsp3) is 0.625. The second-order valence-corrected chi connectivity index (χ2v) is 6.33. The summed E-state index contributed by atoms with van der Waals surface area (Å²) >= 11 is 0. The standard InChI is InChI=1S/C16H28N4O/c1-13-8-7-9-14(18-13)12-20(4)11-6-5-10-16(2,3)15(17)19-21/h7-9,21H,5-6,10-12H2,1-4H3,(H2,17,19). The normalized spacial score (nSPS) is 12.9. The van der Waals surface area contributed by atoms with Gasteiger partial charge in [0, 0.05) is 17.7 Å². The second-order valence-electron chi connectivity index (χ2n) is 6.33. The number of hydrogen-bond acceptors (Lipinski definition) is 4. The van der Waals surface area contributed by atoms with Crippen molar-refractivity contribution in [3.63, 3.8) is 0 Å². The van der Waals surface area contributed by atoms with Crippen LogP contribution in [0, 0.1) is 12.3 Å². The van der Waals surface area contributed by atoms with E-state index in [0.29, 0.717) is 5.84 Å². The number of aromatic nitrogens is 1. The highest BCUT2D eigenvalue weighted by Crippen LogP contribution is 2.23. The zero-order valence-electron chi connectivity index (χ0n) is 13.6. The van der Waals surface area contributed by atoms with Crippen LogP contribution in [0.15, 0.2) is 23.4 Å². The number of rotatable bonds is 8. The molecule has 5 nitrogen and oxygen atoms in total. The zero-order chi connectivity index (χ0) is 15.9. The highest BCUT2D eigenvalue weighted by molar-refractivity contribution is 5.85. The number of amidine groups is 1. The molecule has 0 aliphatic heterocycles. The van der Waals surface area contributed by atoms with E-state index in [1.165, 1.54) is 0 Å². The van der Waals surface area contributed by atoms with E-state index in [2.05, 4.69) is 28.2 Å². The molecule has 1 aromatic rings. The van der Waals surface area contributed by atoms with Gasteiger partial charge in [-0.3, -0.25) is 4.98 Å². The molecule has 1 rings (SSSR count). The lowest BCUT2D eigenvalue weighted by atomic mass is 9.86. The van der Waals surface area contributed by atoms with Crippen LogP contribution in [0.2, 0.25) is 0 Å². The van der Waals surface area contributed by atoms with Crippen LogP contribution in [0.5, 0.6) is 0 Å². The van der Waals surface area contributed by atoms with Crippen LogP contribution in [0.3, 0.4) is 0 Å². The molecule has 0 bridgehead atoms. The molecule has 0 saturated heterocycles. The Morgan fingerprint density at radius 3 is 2.71 bits per heavy atom. The van der Waals surface area contributed by atoms with E-state index in [1.54, 1.807) is 0 Å². The fourth-order valence-electron chi connectivity index (χ4n) is 2.26. The van der Waals surface area contributed by atoms with Crippen molar-refractivity contribution in [3.05, 3.63) is 29.6 Å². The van der Waals surface area contributed by atoms with Gasteiger partial charge >= 0.3 is 0 Å². The van der Waals surface area contributed by atoms with Crippen molar-refractivity contribution in [2.24, 2.45) is 16.3 Å². The number of nitrogens with zero attached hydrogens (tertiary/aromatic N) is 3. The van der Waals surface area contributed by atoms with Gasteiger partial charge in [-0.25, -0.2) is 0 Å². The van der Waals surface area contributed by atoms with Crippen molar-refractivity contribution in [1.82, 2.24) is 9.88 Å². The van der Waals surface area contributed by atoms with Gasteiger partial charge in [-0.1, -0.05) is 31.5 Å². The van der Waals surface area contributed by atoms with Crippen molar-refractivity contribution in [3.8, 4) is 0 Å². The minimum absolute atomic E-state index is 0.245. The lowest BCUT2D eigenvalue weighted by Gasteiger charge is -2.23. The van der Waals surface area contributed by atoms with Crippen LogP contribution in [-0.4, -0.2) is 34.5 Å². The molecule has 5 heteroatoms. The number of aryl methyl sites for hydroxylation is 1. The summed E-state index contributed by atoms with van der Waals surface area (Å²) in [6.45, 7) is 7.90. The number of oxime groups is 1. The second kappa shape index (κ2) is 7.98. The summed E-state index contributed by atoms with van der Waals surface area (Å²) < 4.78 is 0. The smallest absolute Gasteiger partial charge is 0.144 e. The van der Waals surface area contributed by atoms with Crippen LogP contribution >= 0.6 is 0 Å². The largest absolute Gasteiger partial charge is 0.409 e. The highest BCUT2D eigenvalue weighted by atomic mass is 16.4. The van der Waals surface area contributed by atoms with Crippen molar-refractivity contribution in [2.75, 3.05) is 13.6 Å². The van der Waals surface area contributed by atoms with Crippen LogP contribution in [-0.2, 0) is 6.54 Å². The van der Waals surface area contributed by atoms with Gasteiger partial charge in [0.2, 0.25) is 0 Å². The topological polar surface area (TPSA) is 74.7 Å². The molecule has 0 aromatic carbocycles. The Labute approximate surface area is 127 Å². The molecule has 0 amide bonds. The first kappa shape index (κ1) is 17.4. The Morgan fingerprint density at radius 2 is 2.10 bits per heavy atom. The molecule has 0 spiro atoms. The predicted molar refractivity (Wildman–Crippen MR) is 86.3 cm³/mol. The fourth-order valence-corrected chi connectivity index (χ4v) is 2.26. The van der Waals surface area contributed by atoms with Crippen LogP contribution < -0.4 is 5.73 Å². The van der Waals surface area contributed by atoms with Crippen molar-refractivity contribution in [1.29, 1.82) is 0 Å². The zero-order valence-corrected chi connectivity index (χ0v) is 13.6. The maximum absolute atomic E-state index is 8.75. The maximum Gasteiger partial charge on any atom is 0.144 e. The van der Waals surface area contributed by atoms with Gasteiger partial charge in [-0.15, -0.1) is 0 Å². The minimum Gasteiger partial charge on any atom is -0.409 e. The summed E-state index contributed by atoms with van der Waals surface area (Å²) in [7, 11) is 2.11. The van der Waals surface area contributed by atoms with E-state index in [4.69, 9.17) is 10.9 Å². The van der Waals surface area contributed by atoms with E-state index in [1.807, 2.05) is 32.9 Å². The summed E-state index contributed by atoms with van der Waals surface area (Å²) in [5, 5.41) is 11.9. The lowest BCUT2D eigenvalue weighted by Crippen LogP contribution is -2.32. The van der Waals surface area contributed by atoms with Gasteiger partial charge in [0.1, 0.15) is 5.84 Å². The molecule has 1 heterocycles.